The zero-order valence-corrected chi connectivity index (χ0v) is 5.26. The van der Waals surface area contributed by atoms with Gasteiger partial charge >= 0.3 is 0 Å². The maximum atomic E-state index is 5.48. The molecule has 0 aliphatic heterocycles. The molecule has 0 atom stereocenters. The minimum Gasteiger partial charge on any atom is -0.228 e. The van der Waals surface area contributed by atoms with Crippen molar-refractivity contribution < 1.29 is 0 Å². The fourth-order valence-corrected chi connectivity index (χ4v) is 0.560. The third-order valence-electron chi connectivity index (χ3n) is 0.782. The van der Waals surface area contributed by atoms with Gasteiger partial charge in [0.2, 0.25) is 0 Å². The van der Waals surface area contributed by atoms with E-state index < -0.39 is 0 Å². The van der Waals surface area contributed by atoms with Crippen LogP contribution in [-0.2, 0) is 0 Å². The normalized spacial score (nSPS) is 8.44. The Morgan fingerprint density at radius 3 is 2.78 bits per heavy atom. The smallest absolute Gasteiger partial charge is 0.133 e. The van der Waals surface area contributed by atoms with Crippen LogP contribution >= 0.6 is 11.6 Å². The second-order valence-electron chi connectivity index (χ2n) is 1.37. The first-order chi connectivity index (χ1) is 4.33. The summed E-state index contributed by atoms with van der Waals surface area (Å²) in [5, 5.41) is 0.373. The predicted octanol–water partition coefficient (Wildman–Crippen LogP) is 1.11. The lowest BCUT2D eigenvalue weighted by Crippen LogP contribution is -1.82. The summed E-state index contributed by atoms with van der Waals surface area (Å²) in [5.74, 6) is 2.33. The second-order valence-corrected chi connectivity index (χ2v) is 1.76. The van der Waals surface area contributed by atoms with Crippen molar-refractivity contribution in [1.82, 2.24) is 9.97 Å². The van der Waals surface area contributed by atoms with Crippen LogP contribution in [0.15, 0.2) is 12.4 Å². The van der Waals surface area contributed by atoms with E-state index in [9.17, 15) is 0 Å². The van der Waals surface area contributed by atoms with Crippen LogP contribution in [-0.4, -0.2) is 9.97 Å². The molecule has 1 rings (SSSR count). The molecule has 1 aromatic rings. The Balaban J connectivity index is 3.12. The predicted molar refractivity (Wildman–Crippen MR) is 35.0 cm³/mol. The van der Waals surface area contributed by atoms with E-state index in [1.165, 1.54) is 12.4 Å². The summed E-state index contributed by atoms with van der Waals surface area (Å²) in [6.07, 6.45) is 6.35. The van der Waals surface area contributed by atoms with Gasteiger partial charge in [-0.25, -0.2) is 9.97 Å². The first-order valence-corrected chi connectivity index (χ1v) is 2.65. The fraction of sp³-hybridized carbons (Fsp3) is 0. The van der Waals surface area contributed by atoms with Crippen LogP contribution in [0.4, 0.5) is 0 Å². The third kappa shape index (κ3) is 1.41. The summed E-state index contributed by atoms with van der Waals surface area (Å²) in [4.78, 5) is 7.37. The van der Waals surface area contributed by atoms with E-state index in [2.05, 4.69) is 15.9 Å². The van der Waals surface area contributed by atoms with Crippen LogP contribution in [0.5, 0.6) is 0 Å². The third-order valence-corrected chi connectivity index (χ3v) is 0.988. The summed E-state index contributed by atoms with van der Waals surface area (Å²) >= 11 is 5.48. The molecule has 1 heterocycles. The van der Waals surface area contributed by atoms with E-state index in [1.807, 2.05) is 0 Å². The zero-order chi connectivity index (χ0) is 6.69. The molecular formula is C6H3ClN2. The van der Waals surface area contributed by atoms with Crippen molar-refractivity contribution in [1.29, 1.82) is 0 Å². The number of halogens is 1. The highest BCUT2D eigenvalue weighted by Gasteiger charge is 1.88. The summed E-state index contributed by atoms with van der Waals surface area (Å²) < 4.78 is 0. The van der Waals surface area contributed by atoms with Gasteiger partial charge in [-0.15, -0.1) is 6.42 Å². The van der Waals surface area contributed by atoms with Crippen molar-refractivity contribution in [2.45, 2.75) is 0 Å². The number of hydrogen-bond donors (Lipinski definition) is 0. The molecule has 0 radical (unpaired) electrons. The Morgan fingerprint density at radius 2 is 2.33 bits per heavy atom. The van der Waals surface area contributed by atoms with Crippen LogP contribution < -0.4 is 0 Å². The largest absolute Gasteiger partial charge is 0.228 e. The van der Waals surface area contributed by atoms with Crippen molar-refractivity contribution in [3.8, 4) is 12.3 Å². The number of aromatic nitrogens is 2. The minimum absolute atomic E-state index is 0.373. The molecule has 0 spiro atoms. The van der Waals surface area contributed by atoms with Crippen LogP contribution in [0.1, 0.15) is 5.69 Å². The molecule has 0 unspecified atom stereocenters. The van der Waals surface area contributed by atoms with Crippen molar-refractivity contribution >= 4 is 11.6 Å². The molecule has 0 aliphatic carbocycles. The topological polar surface area (TPSA) is 25.8 Å². The van der Waals surface area contributed by atoms with Crippen LogP contribution in [0.3, 0.4) is 0 Å². The van der Waals surface area contributed by atoms with E-state index in [0.717, 1.165) is 0 Å². The Morgan fingerprint density at radius 1 is 1.56 bits per heavy atom. The lowest BCUT2D eigenvalue weighted by molar-refractivity contribution is 1.15. The Kier molecular flexibility index (Phi) is 1.66. The molecule has 2 nitrogen and oxygen atoms in total. The molecule has 0 aliphatic rings. The first-order valence-electron chi connectivity index (χ1n) is 2.27. The van der Waals surface area contributed by atoms with Crippen LogP contribution in [0.25, 0.3) is 0 Å². The fourth-order valence-electron chi connectivity index (χ4n) is 0.413. The molecule has 0 aromatic carbocycles. The average molecular weight is 139 g/mol. The number of terminal acetylenes is 1. The van der Waals surface area contributed by atoms with Crippen LogP contribution in [0, 0.1) is 12.3 Å². The van der Waals surface area contributed by atoms with Gasteiger partial charge < -0.3 is 0 Å². The molecule has 0 saturated heterocycles. The Hall–Kier alpha value is -1.07. The summed E-state index contributed by atoms with van der Waals surface area (Å²) in [5.41, 5.74) is 0.509. The van der Waals surface area contributed by atoms with E-state index >= 15 is 0 Å². The summed E-state index contributed by atoms with van der Waals surface area (Å²) in [6, 6.07) is 1.53. The van der Waals surface area contributed by atoms with Gasteiger partial charge in [0.05, 0.1) is 0 Å². The highest BCUT2D eigenvalue weighted by molar-refractivity contribution is 6.29. The van der Waals surface area contributed by atoms with E-state index in [4.69, 9.17) is 18.0 Å². The summed E-state index contributed by atoms with van der Waals surface area (Å²) in [7, 11) is 0. The quantitative estimate of drug-likeness (QED) is 0.397. The van der Waals surface area contributed by atoms with E-state index in [0.29, 0.717) is 10.8 Å². The standard InChI is InChI=1S/C6H3ClN2/c1-2-5-3-6(7)9-4-8-5/h1,3-4H. The van der Waals surface area contributed by atoms with Gasteiger partial charge in [-0.3, -0.25) is 0 Å². The highest BCUT2D eigenvalue weighted by atomic mass is 35.5. The maximum absolute atomic E-state index is 5.48. The Bertz CT molecular complexity index is 251. The van der Waals surface area contributed by atoms with Gasteiger partial charge in [-0.2, -0.15) is 0 Å². The molecule has 0 saturated carbocycles. The lowest BCUT2D eigenvalue weighted by Gasteiger charge is -1.86. The molecule has 0 fully saturated rings. The van der Waals surface area contributed by atoms with Crippen molar-refractivity contribution in [3.05, 3.63) is 23.2 Å². The average Bonchev–Trinajstić information content (AvgIpc) is 1.88. The minimum atomic E-state index is 0.373. The monoisotopic (exact) mass is 138 g/mol. The molecule has 9 heavy (non-hydrogen) atoms. The first kappa shape index (κ1) is 6.06. The van der Waals surface area contributed by atoms with Crippen molar-refractivity contribution in [3.63, 3.8) is 0 Å². The van der Waals surface area contributed by atoms with Crippen molar-refractivity contribution in [2.24, 2.45) is 0 Å². The highest BCUT2D eigenvalue weighted by Crippen LogP contribution is 2.01. The maximum Gasteiger partial charge on any atom is 0.133 e. The molecule has 44 valence electrons. The van der Waals surface area contributed by atoms with E-state index in [1.54, 1.807) is 0 Å². The second kappa shape index (κ2) is 2.47. The van der Waals surface area contributed by atoms with E-state index in [-0.39, 0.29) is 0 Å². The number of hydrogen-bond acceptors (Lipinski definition) is 2. The lowest BCUT2D eigenvalue weighted by atomic mass is 10.4. The van der Waals surface area contributed by atoms with Gasteiger partial charge in [0.25, 0.3) is 0 Å². The molecule has 0 N–H and O–H groups in total. The van der Waals surface area contributed by atoms with Gasteiger partial charge in [0, 0.05) is 6.07 Å². The molecule has 0 bridgehead atoms. The van der Waals surface area contributed by atoms with Crippen molar-refractivity contribution in [2.75, 3.05) is 0 Å². The van der Waals surface area contributed by atoms with Gasteiger partial charge in [-0.05, 0) is 0 Å². The number of rotatable bonds is 0. The van der Waals surface area contributed by atoms with Gasteiger partial charge in [-0.1, -0.05) is 17.5 Å². The van der Waals surface area contributed by atoms with Crippen LogP contribution in [0.2, 0.25) is 5.15 Å². The molecule has 1 aromatic heterocycles. The zero-order valence-electron chi connectivity index (χ0n) is 4.50. The van der Waals surface area contributed by atoms with Gasteiger partial charge in [0.15, 0.2) is 0 Å². The van der Waals surface area contributed by atoms with Gasteiger partial charge in [0.1, 0.15) is 17.2 Å². The number of nitrogens with zero attached hydrogens (tertiary/aromatic N) is 2. The SMILES string of the molecule is C#Cc1cc(Cl)ncn1. The molecule has 3 heteroatoms. The Labute approximate surface area is 57.9 Å². The molecule has 0 amide bonds. The summed E-state index contributed by atoms with van der Waals surface area (Å²) in [6.45, 7) is 0. The molecular weight excluding hydrogens is 136 g/mol.